The molecule has 9 nitrogen and oxygen atoms in total. The molecule has 13 heteroatoms. The van der Waals surface area contributed by atoms with Gasteiger partial charge in [0.25, 0.3) is 0 Å². The lowest BCUT2D eigenvalue weighted by molar-refractivity contribution is 0.0652. The monoisotopic (exact) mass is 623 g/mol. The zero-order valence-corrected chi connectivity index (χ0v) is 24.3. The molecule has 0 saturated carbocycles. The predicted molar refractivity (Wildman–Crippen MR) is 161 cm³/mol. The highest BCUT2D eigenvalue weighted by atomic mass is 35.5. The molecule has 0 fully saturated rings. The van der Waals surface area contributed by atoms with Gasteiger partial charge in [0, 0.05) is 41.2 Å². The fourth-order valence-electron chi connectivity index (χ4n) is 4.39. The average molecular weight is 624 g/mol. The van der Waals surface area contributed by atoms with E-state index in [1.54, 1.807) is 36.1 Å². The molecule has 5 aromatic rings. The topological polar surface area (TPSA) is 110 Å². The zero-order valence-electron chi connectivity index (χ0n) is 22.8. The van der Waals surface area contributed by atoms with Crippen LogP contribution in [0, 0.1) is 23.0 Å². The summed E-state index contributed by atoms with van der Waals surface area (Å²) < 4.78 is 39.7. The van der Waals surface area contributed by atoms with E-state index < -0.39 is 17.7 Å². The Balaban J connectivity index is 1.51. The molecule has 0 amide bonds. The molecule has 0 radical (unpaired) electrons. The van der Waals surface area contributed by atoms with E-state index >= 15 is 0 Å². The molecule has 1 atom stereocenters. The van der Waals surface area contributed by atoms with Gasteiger partial charge in [-0.1, -0.05) is 40.5 Å². The van der Waals surface area contributed by atoms with E-state index in [2.05, 4.69) is 32.0 Å². The van der Waals surface area contributed by atoms with Crippen LogP contribution in [0.1, 0.15) is 22.9 Å². The minimum Gasteiger partial charge on any atom is -0.382 e. The van der Waals surface area contributed by atoms with Gasteiger partial charge >= 0.3 is 0 Å². The highest BCUT2D eigenvalue weighted by molar-refractivity contribution is 6.36. The molecule has 43 heavy (non-hydrogen) atoms. The Morgan fingerprint density at radius 1 is 1.00 bits per heavy atom. The van der Waals surface area contributed by atoms with Crippen LogP contribution in [0.3, 0.4) is 0 Å². The third-order valence-electron chi connectivity index (χ3n) is 6.50. The number of methoxy groups -OCH3 is 1. The number of hydrogen-bond donors (Lipinski definition) is 2. The van der Waals surface area contributed by atoms with Crippen LogP contribution in [-0.4, -0.2) is 46.9 Å². The van der Waals surface area contributed by atoms with Gasteiger partial charge in [-0.05, 0) is 42.0 Å². The van der Waals surface area contributed by atoms with Crippen molar-refractivity contribution in [3.05, 3.63) is 105 Å². The van der Waals surface area contributed by atoms with Crippen LogP contribution in [0.2, 0.25) is 10.0 Å². The first-order valence-electron chi connectivity index (χ1n) is 13.1. The van der Waals surface area contributed by atoms with E-state index in [4.69, 9.17) is 32.7 Å². The largest absolute Gasteiger partial charge is 0.382 e. The molecule has 0 saturated heterocycles. The molecule has 0 aliphatic heterocycles. The summed E-state index contributed by atoms with van der Waals surface area (Å²) in [6.07, 6.45) is 3.19. The van der Waals surface area contributed by atoms with E-state index in [-0.39, 0.29) is 11.3 Å². The molecule has 0 aliphatic carbocycles. The molecule has 3 aromatic carbocycles. The van der Waals surface area contributed by atoms with Crippen molar-refractivity contribution in [3.8, 4) is 6.07 Å². The predicted octanol–water partition coefficient (Wildman–Crippen LogP) is 6.89. The van der Waals surface area contributed by atoms with Crippen LogP contribution < -0.4 is 10.6 Å². The summed E-state index contributed by atoms with van der Waals surface area (Å²) in [6, 6.07) is 15.8. The highest BCUT2D eigenvalue weighted by Gasteiger charge is 2.20. The minimum atomic E-state index is -1.03. The van der Waals surface area contributed by atoms with Crippen LogP contribution >= 0.6 is 23.2 Å². The number of aromatic nitrogens is 4. The molecule has 2 aromatic heterocycles. The van der Waals surface area contributed by atoms with Crippen molar-refractivity contribution < 1.29 is 18.3 Å². The van der Waals surface area contributed by atoms with Gasteiger partial charge in [-0.25, -0.2) is 13.5 Å². The highest BCUT2D eigenvalue weighted by Crippen LogP contribution is 2.37. The number of ether oxygens (including phenoxy) is 2. The van der Waals surface area contributed by atoms with Gasteiger partial charge < -0.3 is 20.1 Å². The van der Waals surface area contributed by atoms with Crippen molar-refractivity contribution >= 4 is 51.2 Å². The Morgan fingerprint density at radius 2 is 1.81 bits per heavy atom. The number of rotatable bonds is 12. The van der Waals surface area contributed by atoms with Crippen LogP contribution in [-0.2, 0) is 16.0 Å². The smallest absolute Gasteiger partial charge is 0.160 e. The number of anilines is 3. The molecule has 220 valence electrons. The summed E-state index contributed by atoms with van der Waals surface area (Å²) in [7, 11) is 1.61. The van der Waals surface area contributed by atoms with E-state index in [0.29, 0.717) is 64.4 Å². The molecule has 0 unspecified atom stereocenters. The molecule has 2 heterocycles. The maximum atomic E-state index is 14.0. The van der Waals surface area contributed by atoms with Crippen LogP contribution in [0.25, 0.3) is 10.9 Å². The standard InChI is InChI=1S/C30H25Cl2F2N7O2/c1-42-10-11-43-9-8-41-17-27(39-40-41)29(18-2-4-20(31)5-3-18)38-22-12-23-28(37-21-6-7-25(33)26(34)14-21)19(15-35)16-36-30(23)24(32)13-22/h2-7,12-14,16-17,29,38H,8-11H2,1H3,(H,36,37)/t29-/m0/s1. The van der Waals surface area contributed by atoms with Crippen LogP contribution in [0.5, 0.6) is 0 Å². The SMILES string of the molecule is COCCOCCn1cc([C@@H](Nc2cc(Cl)c3ncc(C#N)c(Nc4ccc(F)c(F)c4)c3c2)c2ccc(Cl)cc2)nn1. The summed E-state index contributed by atoms with van der Waals surface area (Å²) in [6.45, 7) is 1.91. The normalized spacial score (nSPS) is 11.8. The maximum Gasteiger partial charge on any atom is 0.160 e. The third kappa shape index (κ3) is 7.18. The fourth-order valence-corrected chi connectivity index (χ4v) is 4.78. The number of pyridine rings is 1. The van der Waals surface area contributed by atoms with Gasteiger partial charge in [0.2, 0.25) is 0 Å². The quantitative estimate of drug-likeness (QED) is 0.145. The zero-order chi connectivity index (χ0) is 30.3. The minimum absolute atomic E-state index is 0.190. The molecule has 2 N–H and O–H groups in total. The Hall–Kier alpha value is -4.34. The lowest BCUT2D eigenvalue weighted by atomic mass is 10.0. The summed E-state index contributed by atoms with van der Waals surface area (Å²) in [5, 5.41) is 26.3. The van der Waals surface area contributed by atoms with Gasteiger partial charge in [-0.15, -0.1) is 5.10 Å². The van der Waals surface area contributed by atoms with Gasteiger partial charge in [-0.3, -0.25) is 4.98 Å². The van der Waals surface area contributed by atoms with Crippen molar-refractivity contribution in [2.75, 3.05) is 37.6 Å². The maximum absolute atomic E-state index is 14.0. The number of hydrogen-bond acceptors (Lipinski definition) is 8. The lowest BCUT2D eigenvalue weighted by Gasteiger charge is -2.20. The van der Waals surface area contributed by atoms with E-state index in [0.717, 1.165) is 17.7 Å². The van der Waals surface area contributed by atoms with Crippen LogP contribution in [0.4, 0.5) is 25.8 Å². The summed E-state index contributed by atoms with van der Waals surface area (Å²) in [5.74, 6) is -2.01. The molecular formula is C30H25Cl2F2N7O2. The second kappa shape index (κ2) is 13.8. The second-order valence-electron chi connectivity index (χ2n) is 9.41. The Kier molecular flexibility index (Phi) is 9.64. The lowest BCUT2D eigenvalue weighted by Crippen LogP contribution is -2.13. The Labute approximate surface area is 256 Å². The van der Waals surface area contributed by atoms with Gasteiger partial charge in [0.1, 0.15) is 11.8 Å². The second-order valence-corrected chi connectivity index (χ2v) is 10.3. The molecular weight excluding hydrogens is 599 g/mol. The van der Waals surface area contributed by atoms with Crippen molar-refractivity contribution in [2.24, 2.45) is 0 Å². The van der Waals surface area contributed by atoms with E-state index in [1.807, 2.05) is 18.3 Å². The number of nitriles is 1. The third-order valence-corrected chi connectivity index (χ3v) is 7.04. The number of halogens is 4. The summed E-state index contributed by atoms with van der Waals surface area (Å²) >= 11 is 12.8. The van der Waals surface area contributed by atoms with E-state index in [1.165, 1.54) is 12.3 Å². The Morgan fingerprint density at radius 3 is 2.56 bits per heavy atom. The van der Waals surface area contributed by atoms with Gasteiger partial charge in [-0.2, -0.15) is 5.26 Å². The number of nitrogens with one attached hydrogen (secondary N) is 2. The number of benzene rings is 3. The molecule has 0 spiro atoms. The van der Waals surface area contributed by atoms with E-state index in [9.17, 15) is 14.0 Å². The number of fused-ring (bicyclic) bond motifs is 1. The molecule has 5 rings (SSSR count). The summed E-state index contributed by atoms with van der Waals surface area (Å²) in [4.78, 5) is 4.37. The van der Waals surface area contributed by atoms with Crippen molar-refractivity contribution in [1.29, 1.82) is 5.26 Å². The first-order valence-corrected chi connectivity index (χ1v) is 13.8. The van der Waals surface area contributed by atoms with Crippen molar-refractivity contribution in [3.63, 3.8) is 0 Å². The average Bonchev–Trinajstić information content (AvgIpc) is 3.47. The molecule has 0 aliphatic rings. The first kappa shape index (κ1) is 30.1. The van der Waals surface area contributed by atoms with Gasteiger partial charge in [0.05, 0.1) is 60.4 Å². The van der Waals surface area contributed by atoms with Gasteiger partial charge in [0.15, 0.2) is 11.6 Å². The van der Waals surface area contributed by atoms with Crippen LogP contribution in [0.15, 0.2) is 67.0 Å². The summed E-state index contributed by atoms with van der Waals surface area (Å²) in [5.41, 5.74) is 3.26. The van der Waals surface area contributed by atoms with Crippen molar-refractivity contribution in [2.45, 2.75) is 12.6 Å². The number of nitrogens with zero attached hydrogens (tertiary/aromatic N) is 5. The molecule has 0 bridgehead atoms. The Bertz CT molecular complexity index is 1780. The first-order chi connectivity index (χ1) is 20.9. The van der Waals surface area contributed by atoms with Crippen molar-refractivity contribution in [1.82, 2.24) is 20.0 Å². The fraction of sp³-hybridized carbons (Fsp3) is 0.200.